The van der Waals surface area contributed by atoms with Crippen molar-refractivity contribution in [3.8, 4) is 0 Å². The van der Waals surface area contributed by atoms with Gasteiger partial charge in [0.2, 0.25) is 0 Å². The summed E-state index contributed by atoms with van der Waals surface area (Å²) in [6.07, 6.45) is 4.10. The largest absolute Gasteiger partial charge is 0.450 e. The van der Waals surface area contributed by atoms with Crippen molar-refractivity contribution in [3.63, 3.8) is 0 Å². The smallest absolute Gasteiger partial charge is 0.306 e. The van der Waals surface area contributed by atoms with Gasteiger partial charge in [0.25, 0.3) is 0 Å². The van der Waals surface area contributed by atoms with Gasteiger partial charge in [-0.15, -0.1) is 11.6 Å². The number of allylic oxidation sites excluding steroid dienone is 1. The molecule has 0 radical (unpaired) electrons. The number of hydrogen-bond donors (Lipinski definition) is 0. The molecule has 0 spiro atoms. The fourth-order valence-electron chi connectivity index (χ4n) is 8.01. The third-order valence-corrected chi connectivity index (χ3v) is 9.85. The van der Waals surface area contributed by atoms with Crippen LogP contribution >= 0.6 is 11.6 Å². The van der Waals surface area contributed by atoms with Gasteiger partial charge in [0.1, 0.15) is 0 Å². The molecule has 4 aliphatic carbocycles. The Hall–Kier alpha value is -1.56. The van der Waals surface area contributed by atoms with Crippen LogP contribution in [-0.2, 0) is 23.9 Å². The van der Waals surface area contributed by atoms with Gasteiger partial charge in [-0.05, 0) is 44.1 Å². The number of hydrogen-bond acceptors (Lipinski definition) is 5. The molecule has 0 aromatic heterocycles. The van der Waals surface area contributed by atoms with Gasteiger partial charge in [-0.2, -0.15) is 0 Å². The van der Waals surface area contributed by atoms with Crippen molar-refractivity contribution < 1.29 is 28.3 Å². The first-order valence-corrected chi connectivity index (χ1v) is 12.7. The van der Waals surface area contributed by atoms with E-state index in [-0.39, 0.29) is 42.8 Å². The molecule has 4 rings (SSSR count). The summed E-state index contributed by atoms with van der Waals surface area (Å²) in [5, 5.41) is 0. The summed E-state index contributed by atoms with van der Waals surface area (Å²) in [7, 11) is 0. The Bertz CT molecular complexity index is 945. The first-order chi connectivity index (χ1) is 15.4. The SMILES string of the molecule is CCCC(=O)O[C@]1(C(=O)CCl)[C@H](C)C[C@@H]2[C@@H]3CCC4=CC(=O)CC[C@]4(C)C3(F)C(=O)C[C@@]21C. The lowest BCUT2D eigenvalue weighted by molar-refractivity contribution is -0.203. The maximum Gasteiger partial charge on any atom is 0.306 e. The molecule has 7 atom stereocenters. The van der Waals surface area contributed by atoms with Crippen molar-refractivity contribution in [2.75, 3.05) is 5.88 Å². The van der Waals surface area contributed by atoms with Crippen molar-refractivity contribution in [1.29, 1.82) is 0 Å². The van der Waals surface area contributed by atoms with Crippen LogP contribution in [0.2, 0.25) is 0 Å². The highest BCUT2D eigenvalue weighted by Gasteiger charge is 2.77. The summed E-state index contributed by atoms with van der Waals surface area (Å²) in [6, 6.07) is 0. The van der Waals surface area contributed by atoms with Gasteiger partial charge in [0.05, 0.1) is 5.88 Å². The minimum absolute atomic E-state index is 0.0123. The first-order valence-electron chi connectivity index (χ1n) is 12.2. The Morgan fingerprint density at radius 1 is 1.21 bits per heavy atom. The van der Waals surface area contributed by atoms with Crippen molar-refractivity contribution >= 4 is 34.9 Å². The number of ether oxygens (including phenoxy) is 1. The minimum Gasteiger partial charge on any atom is -0.450 e. The number of esters is 1. The number of halogens is 2. The second-order valence-corrected chi connectivity index (χ2v) is 11.4. The monoisotopic (exact) mass is 480 g/mol. The maximum absolute atomic E-state index is 17.2. The number of alkyl halides is 2. The molecule has 0 bridgehead atoms. The third-order valence-electron chi connectivity index (χ3n) is 9.61. The third kappa shape index (κ3) is 3.01. The van der Waals surface area contributed by atoms with Crippen LogP contribution in [0.3, 0.4) is 0 Å². The lowest BCUT2D eigenvalue weighted by atomic mass is 9.44. The van der Waals surface area contributed by atoms with Crippen LogP contribution in [0.5, 0.6) is 0 Å². The van der Waals surface area contributed by atoms with Crippen LogP contribution in [0, 0.1) is 28.6 Å². The Kier molecular flexibility index (Phi) is 5.95. The van der Waals surface area contributed by atoms with Crippen molar-refractivity contribution in [1.82, 2.24) is 0 Å². The van der Waals surface area contributed by atoms with Crippen molar-refractivity contribution in [2.45, 2.75) is 90.3 Å². The summed E-state index contributed by atoms with van der Waals surface area (Å²) in [5.74, 6) is -3.07. The highest BCUT2D eigenvalue weighted by molar-refractivity contribution is 6.29. The summed E-state index contributed by atoms with van der Waals surface area (Å²) < 4.78 is 23.2. The molecule has 5 nitrogen and oxygen atoms in total. The Morgan fingerprint density at radius 3 is 2.55 bits per heavy atom. The van der Waals surface area contributed by atoms with E-state index in [0.29, 0.717) is 32.1 Å². The molecule has 7 heteroatoms. The Balaban J connectivity index is 1.83. The highest BCUT2D eigenvalue weighted by Crippen LogP contribution is 2.71. The predicted octanol–water partition coefficient (Wildman–Crippen LogP) is 4.93. The van der Waals surface area contributed by atoms with Crippen LogP contribution in [0.25, 0.3) is 0 Å². The molecule has 0 N–H and O–H groups in total. The highest BCUT2D eigenvalue weighted by atomic mass is 35.5. The zero-order valence-electron chi connectivity index (χ0n) is 20.0. The lowest BCUT2D eigenvalue weighted by Crippen LogP contribution is -2.69. The molecule has 0 aromatic rings. The van der Waals surface area contributed by atoms with E-state index in [2.05, 4.69) is 0 Å². The van der Waals surface area contributed by atoms with Gasteiger partial charge >= 0.3 is 5.97 Å². The predicted molar refractivity (Wildman–Crippen MR) is 121 cm³/mol. The molecule has 0 aromatic carbocycles. The van der Waals surface area contributed by atoms with Gasteiger partial charge in [0.15, 0.2) is 28.6 Å². The van der Waals surface area contributed by atoms with E-state index >= 15 is 4.39 Å². The molecule has 0 amide bonds. The van der Waals surface area contributed by atoms with E-state index in [1.165, 1.54) is 0 Å². The average molecular weight is 481 g/mol. The van der Waals surface area contributed by atoms with E-state index in [1.54, 1.807) is 13.0 Å². The normalized spacial score (nSPS) is 44.4. The molecular formula is C26H34ClFO5. The Morgan fingerprint density at radius 2 is 1.91 bits per heavy atom. The van der Waals surface area contributed by atoms with Crippen molar-refractivity contribution in [2.24, 2.45) is 28.6 Å². The number of ketones is 3. The quantitative estimate of drug-likeness (QED) is 0.412. The van der Waals surface area contributed by atoms with E-state index < -0.39 is 45.6 Å². The average Bonchev–Trinajstić information content (AvgIpc) is 2.97. The van der Waals surface area contributed by atoms with Crippen LogP contribution in [0.4, 0.5) is 4.39 Å². The molecule has 1 unspecified atom stereocenters. The Labute approximate surface area is 199 Å². The van der Waals surface area contributed by atoms with Gasteiger partial charge in [0, 0.05) is 41.9 Å². The van der Waals surface area contributed by atoms with E-state index in [1.807, 2.05) is 20.8 Å². The van der Waals surface area contributed by atoms with Gasteiger partial charge in [-0.3, -0.25) is 19.2 Å². The fourth-order valence-corrected chi connectivity index (χ4v) is 8.21. The van der Waals surface area contributed by atoms with Crippen molar-refractivity contribution in [3.05, 3.63) is 11.6 Å². The van der Waals surface area contributed by atoms with Crippen LogP contribution < -0.4 is 0 Å². The standard InChI is InChI=1S/C26H34ClFO5/c1-5-6-22(32)33-26(21(31)14-27)15(2)11-19-18-8-7-16-12-17(29)9-10-23(16,3)25(18,28)20(30)13-24(19,26)4/h12,15,18-19H,5-11,13-14H2,1-4H3/t15-,18+,19-,23+,24+,25?,26+/m1/s1. The molecule has 0 saturated heterocycles. The zero-order valence-corrected chi connectivity index (χ0v) is 20.7. The topological polar surface area (TPSA) is 77.5 Å². The van der Waals surface area contributed by atoms with E-state index in [4.69, 9.17) is 16.3 Å². The molecule has 33 heavy (non-hydrogen) atoms. The number of fused-ring (bicyclic) bond motifs is 5. The lowest BCUT2D eigenvalue weighted by Gasteiger charge is -2.60. The summed E-state index contributed by atoms with van der Waals surface area (Å²) >= 11 is 6.03. The zero-order chi connectivity index (χ0) is 24.4. The molecule has 4 aliphatic rings. The summed E-state index contributed by atoms with van der Waals surface area (Å²) in [4.78, 5) is 51.9. The number of carbonyl (C=O) groups is 4. The van der Waals surface area contributed by atoms with E-state index in [0.717, 1.165) is 5.57 Å². The number of Topliss-reactive ketones (excluding diaryl/α,β-unsaturated/α-hetero) is 2. The molecular weight excluding hydrogens is 447 g/mol. The van der Waals surface area contributed by atoms with Crippen LogP contribution in [0.1, 0.15) is 79.1 Å². The fraction of sp³-hybridized carbons (Fsp3) is 0.769. The second kappa shape index (κ2) is 8.00. The first kappa shape index (κ1) is 24.6. The second-order valence-electron chi connectivity index (χ2n) is 11.1. The minimum atomic E-state index is -2.10. The van der Waals surface area contributed by atoms with E-state index in [9.17, 15) is 19.2 Å². The van der Waals surface area contributed by atoms with Gasteiger partial charge in [-0.25, -0.2) is 4.39 Å². The van der Waals surface area contributed by atoms with Crippen LogP contribution in [-0.4, -0.2) is 40.5 Å². The summed E-state index contributed by atoms with van der Waals surface area (Å²) in [5.41, 5.74) is -4.96. The van der Waals surface area contributed by atoms with Crippen LogP contribution in [0.15, 0.2) is 11.6 Å². The maximum atomic E-state index is 17.2. The molecule has 0 aliphatic heterocycles. The molecule has 0 heterocycles. The molecule has 182 valence electrons. The molecule has 3 fully saturated rings. The van der Waals surface area contributed by atoms with Gasteiger partial charge in [-0.1, -0.05) is 33.3 Å². The molecule has 3 saturated carbocycles. The van der Waals surface area contributed by atoms with Gasteiger partial charge < -0.3 is 4.74 Å². The number of carbonyl (C=O) groups excluding carboxylic acids is 4. The number of rotatable bonds is 5. The summed E-state index contributed by atoms with van der Waals surface area (Å²) in [6.45, 7) is 7.31.